The van der Waals surface area contributed by atoms with Gasteiger partial charge in [0.2, 0.25) is 5.44 Å². The zero-order valence-electron chi connectivity index (χ0n) is 18.0. The summed E-state index contributed by atoms with van der Waals surface area (Å²) in [5.41, 5.74) is 4.57. The van der Waals surface area contributed by atoms with Gasteiger partial charge in [-0.1, -0.05) is 84.9 Å². The summed E-state index contributed by atoms with van der Waals surface area (Å²) in [7, 11) is -2.14. The van der Waals surface area contributed by atoms with E-state index in [1.807, 2.05) is 17.3 Å². The summed E-state index contributed by atoms with van der Waals surface area (Å²) in [5, 5.41) is 4.01. The van der Waals surface area contributed by atoms with Crippen molar-refractivity contribution in [3.05, 3.63) is 132 Å². The average Bonchev–Trinajstić information content (AvgIpc) is 3.35. The van der Waals surface area contributed by atoms with Crippen molar-refractivity contribution in [2.75, 3.05) is 0 Å². The van der Waals surface area contributed by atoms with Gasteiger partial charge in [0.1, 0.15) is 20.1 Å². The summed E-state index contributed by atoms with van der Waals surface area (Å²) in [5.74, 6) is 0.939. The summed E-state index contributed by atoms with van der Waals surface area (Å²) in [6.07, 6.45) is 0. The first-order valence-electron chi connectivity index (χ1n) is 10.6. The second-order valence-corrected chi connectivity index (χ2v) is 12.8. The average molecular weight is 597 g/mol. The first kappa shape index (κ1) is 24.2. The summed E-state index contributed by atoms with van der Waals surface area (Å²) < 4.78 is 1.30. The highest BCUT2D eigenvalue weighted by Gasteiger charge is 2.51. The molecule has 5 aromatic rings. The predicted octanol–water partition coefficient (Wildman–Crippen LogP) is 6.67. The van der Waals surface area contributed by atoms with Gasteiger partial charge in [-0.05, 0) is 42.0 Å². The maximum atomic E-state index is 5.08. The summed E-state index contributed by atoms with van der Waals surface area (Å²) in [6.45, 7) is 0. The number of thioether (sulfide) groups is 1. The lowest BCUT2D eigenvalue weighted by atomic mass is 10.2. The third-order valence-corrected chi connectivity index (χ3v) is 12.2. The number of thiazole rings is 1. The molecule has 0 saturated heterocycles. The minimum atomic E-state index is -2.14. The molecule has 1 heterocycles. The van der Waals surface area contributed by atoms with Crippen molar-refractivity contribution in [1.29, 1.82) is 0 Å². The number of halogens is 1. The van der Waals surface area contributed by atoms with Crippen LogP contribution in [0.25, 0.3) is 0 Å². The first-order valence-corrected chi connectivity index (χ1v) is 14.2. The van der Waals surface area contributed by atoms with Gasteiger partial charge < -0.3 is 0 Å². The van der Waals surface area contributed by atoms with E-state index in [0.717, 1.165) is 5.75 Å². The number of aromatic nitrogens is 1. The Morgan fingerprint density at radius 1 is 0.606 bits per heavy atom. The highest BCUT2D eigenvalue weighted by atomic mass is 127. The fraction of sp³-hybridized carbons (Fsp3) is 0.0357. The Morgan fingerprint density at radius 3 is 1.48 bits per heavy atom. The monoisotopic (exact) mass is 596 g/mol. The van der Waals surface area contributed by atoms with Gasteiger partial charge in [-0.3, -0.25) is 0 Å². The van der Waals surface area contributed by atoms with E-state index in [-0.39, 0.29) is 24.0 Å². The lowest BCUT2D eigenvalue weighted by Crippen LogP contribution is -2.39. The van der Waals surface area contributed by atoms with Gasteiger partial charge in [-0.15, -0.1) is 47.1 Å². The Kier molecular flexibility index (Phi) is 8.37. The summed E-state index contributed by atoms with van der Waals surface area (Å²) in [4.78, 5) is 5.08. The molecule has 4 aromatic carbocycles. The lowest BCUT2D eigenvalue weighted by Gasteiger charge is -2.26. The Bertz CT molecular complexity index is 1170. The van der Waals surface area contributed by atoms with Crippen LogP contribution in [0.4, 0.5) is 0 Å². The van der Waals surface area contributed by atoms with Crippen LogP contribution in [0.1, 0.15) is 5.56 Å². The number of hydrogen-bond acceptors (Lipinski definition) is 3. The van der Waals surface area contributed by atoms with Crippen molar-refractivity contribution < 1.29 is 0 Å². The quantitative estimate of drug-likeness (QED) is 0.118. The van der Waals surface area contributed by atoms with Crippen LogP contribution >= 0.6 is 54.3 Å². The summed E-state index contributed by atoms with van der Waals surface area (Å²) in [6, 6.07) is 43.5. The molecule has 0 saturated carbocycles. The smallest absolute Gasteiger partial charge is 0.209 e. The van der Waals surface area contributed by atoms with Gasteiger partial charge in [-0.25, -0.2) is 4.98 Å². The first-order chi connectivity index (χ1) is 15.9. The van der Waals surface area contributed by atoms with E-state index in [4.69, 9.17) is 4.98 Å². The molecule has 5 heteroatoms. The van der Waals surface area contributed by atoms with Crippen molar-refractivity contribution >= 4 is 75.7 Å². The van der Waals surface area contributed by atoms with Gasteiger partial charge in [0.05, 0.1) is 5.51 Å². The van der Waals surface area contributed by atoms with Crippen LogP contribution in [0.15, 0.2) is 131 Å². The van der Waals surface area contributed by atoms with Crippen molar-refractivity contribution in [2.45, 2.75) is 9.96 Å². The molecule has 5 rings (SSSR count). The van der Waals surface area contributed by atoms with Crippen LogP contribution in [-0.4, -0.2) is 4.98 Å². The molecule has 164 valence electrons. The minimum absolute atomic E-state index is 0. The van der Waals surface area contributed by atoms with Crippen molar-refractivity contribution in [2.24, 2.45) is 0 Å². The third-order valence-electron chi connectivity index (χ3n) is 5.48. The Labute approximate surface area is 221 Å². The fourth-order valence-corrected chi connectivity index (χ4v) is 10.9. The van der Waals surface area contributed by atoms with E-state index in [9.17, 15) is 0 Å². The Hall–Kier alpha value is -1.98. The molecule has 0 unspecified atom stereocenters. The molecule has 0 spiro atoms. The second kappa shape index (κ2) is 11.4. The van der Waals surface area contributed by atoms with E-state index in [0.29, 0.717) is 0 Å². The third kappa shape index (κ3) is 4.95. The molecule has 0 aliphatic rings. The number of hydrogen-bond donors (Lipinski definition) is 0. The van der Waals surface area contributed by atoms with Gasteiger partial charge in [0, 0.05) is 5.75 Å². The number of nitrogens with zero attached hydrogens (tertiary/aromatic N) is 1. The van der Waals surface area contributed by atoms with Crippen LogP contribution in [0.2, 0.25) is 0 Å². The maximum Gasteiger partial charge on any atom is 0.222 e. The molecular weight excluding hydrogens is 572 g/mol. The molecule has 1 nitrogen and oxygen atoms in total. The maximum absolute atomic E-state index is 5.08. The van der Waals surface area contributed by atoms with E-state index >= 15 is 0 Å². The van der Waals surface area contributed by atoms with Gasteiger partial charge in [-0.2, -0.15) is 0 Å². The molecule has 0 fully saturated rings. The molecular formula is C28H24INPS2+. The van der Waals surface area contributed by atoms with Crippen molar-refractivity contribution in [1.82, 2.24) is 4.98 Å². The summed E-state index contributed by atoms with van der Waals surface area (Å²) >= 11 is 3.66. The Morgan fingerprint density at radius 2 is 1.03 bits per heavy atom. The largest absolute Gasteiger partial charge is 0.222 e. The molecule has 0 bridgehead atoms. The van der Waals surface area contributed by atoms with Crippen LogP contribution in [0.3, 0.4) is 0 Å². The second-order valence-electron chi connectivity index (χ2n) is 7.42. The normalized spacial score (nSPS) is 11.0. The number of rotatable bonds is 7. The SMILES string of the molecule is I.c1ccc(CSc2scnc2[P+](c2ccccc2)(c2ccccc2)c2ccccc2)cc1. The minimum Gasteiger partial charge on any atom is -0.209 e. The topological polar surface area (TPSA) is 12.9 Å². The van der Waals surface area contributed by atoms with E-state index in [2.05, 4.69) is 121 Å². The van der Waals surface area contributed by atoms with Crippen LogP contribution in [-0.2, 0) is 5.75 Å². The molecule has 33 heavy (non-hydrogen) atoms. The molecule has 0 aliphatic heterocycles. The molecule has 0 amide bonds. The van der Waals surface area contributed by atoms with E-state index in [1.165, 1.54) is 31.1 Å². The Balaban J connectivity index is 0.00000259. The zero-order valence-corrected chi connectivity index (χ0v) is 22.8. The van der Waals surface area contributed by atoms with E-state index in [1.54, 1.807) is 11.3 Å². The molecule has 0 atom stereocenters. The van der Waals surface area contributed by atoms with E-state index < -0.39 is 7.26 Å². The van der Waals surface area contributed by atoms with Gasteiger partial charge in [0.15, 0.2) is 7.26 Å². The van der Waals surface area contributed by atoms with Crippen molar-refractivity contribution in [3.63, 3.8) is 0 Å². The molecule has 0 radical (unpaired) electrons. The number of benzene rings is 4. The highest BCUT2D eigenvalue weighted by molar-refractivity contribution is 14.0. The highest BCUT2D eigenvalue weighted by Crippen LogP contribution is 2.56. The van der Waals surface area contributed by atoms with Crippen molar-refractivity contribution in [3.8, 4) is 0 Å². The van der Waals surface area contributed by atoms with Gasteiger partial charge >= 0.3 is 0 Å². The predicted molar refractivity (Wildman–Crippen MR) is 158 cm³/mol. The molecule has 1 aromatic heterocycles. The van der Waals surface area contributed by atoms with Crippen LogP contribution in [0, 0.1) is 0 Å². The standard InChI is InChI=1S/C28H23NPS2.HI/c1-5-13-23(14-6-1)21-31-28-27(29-22-32-28)30(24-15-7-2-8-16-24,25-17-9-3-10-18-25)26-19-11-4-12-20-26;/h1-20,22H,21H2;1H/q+1;. The molecule has 0 aliphatic carbocycles. The molecule has 0 N–H and O–H groups in total. The zero-order chi connectivity index (χ0) is 21.6. The van der Waals surface area contributed by atoms with Crippen LogP contribution in [0.5, 0.6) is 0 Å². The lowest BCUT2D eigenvalue weighted by molar-refractivity contribution is 1.40. The fourth-order valence-electron chi connectivity index (χ4n) is 4.04. The van der Waals surface area contributed by atoms with Gasteiger partial charge in [0.25, 0.3) is 0 Å². The van der Waals surface area contributed by atoms with Crippen LogP contribution < -0.4 is 21.3 Å².